The van der Waals surface area contributed by atoms with Crippen LogP contribution in [-0.2, 0) is 6.18 Å². The van der Waals surface area contributed by atoms with E-state index in [1.54, 1.807) is 12.1 Å². The molecule has 0 atom stereocenters. The predicted molar refractivity (Wildman–Crippen MR) is 122 cm³/mol. The Kier molecular flexibility index (Phi) is 7.72. The van der Waals surface area contributed by atoms with Crippen LogP contribution in [-0.4, -0.2) is 25.2 Å². The van der Waals surface area contributed by atoms with E-state index in [4.69, 9.17) is 0 Å². The maximum atomic E-state index is 14.0. The lowest BCUT2D eigenvalue weighted by molar-refractivity contribution is -0.137. The standard InChI is InChI=1S/C24H22F4N4O2/c1-16-9-11-18(12-10-16)30-22(33)29-13-14-32(19-6-4-5-17(15-19)24(26,27)28)23(34)31-21-8-3-2-7-20(21)25/h2-12,15H,13-14H2,1H3,(H,31,34)(H2,29,30,33). The van der Waals surface area contributed by atoms with Gasteiger partial charge in [-0.2, -0.15) is 13.2 Å². The third-order valence-electron chi connectivity index (χ3n) is 4.78. The first kappa shape index (κ1) is 24.6. The van der Waals surface area contributed by atoms with Gasteiger partial charge in [-0.05, 0) is 49.4 Å². The highest BCUT2D eigenvalue weighted by atomic mass is 19.4. The summed E-state index contributed by atoms with van der Waals surface area (Å²) in [6.07, 6.45) is -4.62. The zero-order valence-electron chi connectivity index (χ0n) is 18.1. The first-order valence-corrected chi connectivity index (χ1v) is 10.3. The van der Waals surface area contributed by atoms with Crippen molar-refractivity contribution in [3.8, 4) is 0 Å². The number of halogens is 4. The third-order valence-corrected chi connectivity index (χ3v) is 4.78. The van der Waals surface area contributed by atoms with Gasteiger partial charge in [-0.1, -0.05) is 35.9 Å². The number of hydrogen-bond donors (Lipinski definition) is 3. The fourth-order valence-corrected chi connectivity index (χ4v) is 3.04. The van der Waals surface area contributed by atoms with Gasteiger partial charge < -0.3 is 16.0 Å². The fraction of sp³-hybridized carbons (Fsp3) is 0.167. The molecule has 0 aliphatic heterocycles. The van der Waals surface area contributed by atoms with Gasteiger partial charge in [0, 0.05) is 24.5 Å². The van der Waals surface area contributed by atoms with Crippen molar-refractivity contribution in [2.75, 3.05) is 28.6 Å². The second-order valence-electron chi connectivity index (χ2n) is 7.36. The van der Waals surface area contributed by atoms with Crippen LogP contribution in [0.1, 0.15) is 11.1 Å². The number of nitrogens with zero attached hydrogens (tertiary/aromatic N) is 1. The van der Waals surface area contributed by atoms with Gasteiger partial charge in [0.25, 0.3) is 0 Å². The number of rotatable bonds is 6. The molecule has 34 heavy (non-hydrogen) atoms. The van der Waals surface area contributed by atoms with E-state index in [2.05, 4.69) is 16.0 Å². The number of aryl methyl sites for hydroxylation is 1. The van der Waals surface area contributed by atoms with Crippen molar-refractivity contribution in [2.45, 2.75) is 13.1 Å². The van der Waals surface area contributed by atoms with Gasteiger partial charge in [0.15, 0.2) is 0 Å². The first-order valence-electron chi connectivity index (χ1n) is 10.3. The molecule has 0 fully saturated rings. The summed E-state index contributed by atoms with van der Waals surface area (Å²) in [6, 6.07) is 15.2. The average Bonchev–Trinajstić information content (AvgIpc) is 2.79. The molecule has 6 nitrogen and oxygen atoms in total. The molecule has 10 heteroatoms. The third kappa shape index (κ3) is 6.71. The summed E-state index contributed by atoms with van der Waals surface area (Å²) < 4.78 is 53.5. The van der Waals surface area contributed by atoms with Crippen molar-refractivity contribution in [3.05, 3.63) is 89.7 Å². The minimum atomic E-state index is -4.62. The summed E-state index contributed by atoms with van der Waals surface area (Å²) in [5.41, 5.74) is 0.427. The number of para-hydroxylation sites is 1. The minimum Gasteiger partial charge on any atom is -0.336 e. The molecule has 0 bridgehead atoms. The van der Waals surface area contributed by atoms with E-state index < -0.39 is 29.6 Å². The van der Waals surface area contributed by atoms with E-state index in [9.17, 15) is 27.2 Å². The Morgan fingerprint density at radius 2 is 1.62 bits per heavy atom. The van der Waals surface area contributed by atoms with E-state index in [0.717, 1.165) is 28.7 Å². The number of urea groups is 2. The van der Waals surface area contributed by atoms with Crippen LogP contribution in [0.5, 0.6) is 0 Å². The first-order chi connectivity index (χ1) is 16.1. The van der Waals surface area contributed by atoms with Gasteiger partial charge in [-0.15, -0.1) is 0 Å². The van der Waals surface area contributed by atoms with E-state index in [1.807, 2.05) is 19.1 Å². The lowest BCUT2D eigenvalue weighted by atomic mass is 10.2. The Balaban J connectivity index is 1.73. The molecule has 0 heterocycles. The summed E-state index contributed by atoms with van der Waals surface area (Å²) >= 11 is 0. The maximum absolute atomic E-state index is 14.0. The summed E-state index contributed by atoms with van der Waals surface area (Å²) in [4.78, 5) is 26.0. The van der Waals surface area contributed by atoms with Crippen molar-refractivity contribution in [2.24, 2.45) is 0 Å². The maximum Gasteiger partial charge on any atom is 0.416 e. The van der Waals surface area contributed by atoms with Crippen molar-refractivity contribution in [1.29, 1.82) is 0 Å². The Morgan fingerprint density at radius 1 is 0.912 bits per heavy atom. The second kappa shape index (κ2) is 10.7. The molecule has 178 valence electrons. The number of alkyl halides is 3. The fourth-order valence-electron chi connectivity index (χ4n) is 3.04. The topological polar surface area (TPSA) is 73.5 Å². The Morgan fingerprint density at radius 3 is 2.29 bits per heavy atom. The zero-order chi connectivity index (χ0) is 24.7. The lowest BCUT2D eigenvalue weighted by Gasteiger charge is -2.24. The molecule has 0 aliphatic carbocycles. The van der Waals surface area contributed by atoms with Gasteiger partial charge in [0.05, 0.1) is 11.3 Å². The van der Waals surface area contributed by atoms with Crippen LogP contribution < -0.4 is 20.9 Å². The van der Waals surface area contributed by atoms with Gasteiger partial charge in [0.2, 0.25) is 0 Å². The van der Waals surface area contributed by atoms with Crippen LogP contribution in [0.4, 0.5) is 44.2 Å². The zero-order valence-corrected chi connectivity index (χ0v) is 18.1. The molecule has 3 N–H and O–H groups in total. The quantitative estimate of drug-likeness (QED) is 0.383. The summed E-state index contributed by atoms with van der Waals surface area (Å²) in [5.74, 6) is -0.699. The predicted octanol–water partition coefficient (Wildman–Crippen LogP) is 6.01. The molecule has 0 aliphatic rings. The molecule has 3 aromatic rings. The largest absolute Gasteiger partial charge is 0.416 e. The van der Waals surface area contributed by atoms with Gasteiger partial charge in [0.1, 0.15) is 5.82 Å². The molecule has 3 aromatic carbocycles. The molecule has 0 radical (unpaired) electrons. The average molecular weight is 474 g/mol. The van der Waals surface area contributed by atoms with Crippen molar-refractivity contribution >= 4 is 29.1 Å². The van der Waals surface area contributed by atoms with E-state index in [-0.39, 0.29) is 24.5 Å². The number of anilines is 3. The molecule has 4 amide bonds. The van der Waals surface area contributed by atoms with Gasteiger partial charge in [-0.3, -0.25) is 4.90 Å². The van der Waals surface area contributed by atoms with Crippen LogP contribution in [0.25, 0.3) is 0 Å². The Bertz CT molecular complexity index is 1150. The van der Waals surface area contributed by atoms with Crippen LogP contribution in [0.2, 0.25) is 0 Å². The number of amides is 4. The molecule has 3 rings (SSSR count). The molecule has 0 unspecified atom stereocenters. The highest BCUT2D eigenvalue weighted by molar-refractivity contribution is 6.02. The Hall–Kier alpha value is -4.08. The van der Waals surface area contributed by atoms with Crippen LogP contribution in [0.15, 0.2) is 72.8 Å². The summed E-state index contributed by atoms with van der Waals surface area (Å²) in [7, 11) is 0. The van der Waals surface area contributed by atoms with Crippen molar-refractivity contribution < 1.29 is 27.2 Å². The molecular weight excluding hydrogens is 452 g/mol. The molecule has 0 saturated heterocycles. The number of carbonyl (C=O) groups excluding carboxylic acids is 2. The lowest BCUT2D eigenvalue weighted by Crippen LogP contribution is -2.42. The van der Waals surface area contributed by atoms with Crippen LogP contribution >= 0.6 is 0 Å². The number of nitrogens with one attached hydrogen (secondary N) is 3. The number of benzene rings is 3. The summed E-state index contributed by atoms with van der Waals surface area (Å²) in [5, 5.41) is 7.53. The highest BCUT2D eigenvalue weighted by Crippen LogP contribution is 2.31. The smallest absolute Gasteiger partial charge is 0.336 e. The van der Waals surface area contributed by atoms with Crippen molar-refractivity contribution in [3.63, 3.8) is 0 Å². The minimum absolute atomic E-state index is 0.0654. The SMILES string of the molecule is Cc1ccc(NC(=O)NCCN(C(=O)Nc2ccccc2F)c2cccc(C(F)(F)F)c2)cc1. The second-order valence-corrected chi connectivity index (χ2v) is 7.36. The molecule has 0 spiro atoms. The van der Waals surface area contributed by atoms with Crippen LogP contribution in [0.3, 0.4) is 0 Å². The molecular formula is C24H22F4N4O2. The van der Waals surface area contributed by atoms with E-state index >= 15 is 0 Å². The molecule has 0 saturated carbocycles. The van der Waals surface area contributed by atoms with Gasteiger partial charge in [-0.25, -0.2) is 14.0 Å². The summed E-state index contributed by atoms with van der Waals surface area (Å²) in [6.45, 7) is 1.64. The number of hydrogen-bond acceptors (Lipinski definition) is 2. The highest BCUT2D eigenvalue weighted by Gasteiger charge is 2.31. The molecule has 0 aromatic heterocycles. The normalized spacial score (nSPS) is 11.0. The Labute approximate surface area is 193 Å². The van der Waals surface area contributed by atoms with Crippen molar-refractivity contribution in [1.82, 2.24) is 5.32 Å². The van der Waals surface area contributed by atoms with Gasteiger partial charge >= 0.3 is 18.2 Å². The monoisotopic (exact) mass is 474 g/mol. The van der Waals surface area contributed by atoms with Crippen LogP contribution in [0, 0.1) is 12.7 Å². The van der Waals surface area contributed by atoms with E-state index in [0.29, 0.717) is 5.69 Å². The number of carbonyl (C=O) groups is 2. The van der Waals surface area contributed by atoms with E-state index in [1.165, 1.54) is 30.3 Å².